The Morgan fingerprint density at radius 2 is 2.11 bits per heavy atom. The zero-order valence-corrected chi connectivity index (χ0v) is 11.6. The lowest BCUT2D eigenvalue weighted by atomic mass is 9.96. The lowest BCUT2D eigenvalue weighted by Gasteiger charge is -2.25. The van der Waals surface area contributed by atoms with Gasteiger partial charge in [0.1, 0.15) is 6.10 Å². The summed E-state index contributed by atoms with van der Waals surface area (Å²) in [5, 5.41) is 0. The largest absolute Gasteiger partial charge is 0.575 e. The summed E-state index contributed by atoms with van der Waals surface area (Å²) in [7, 11) is -2.27. The van der Waals surface area contributed by atoms with Crippen LogP contribution >= 0.6 is 8.17 Å². The summed E-state index contributed by atoms with van der Waals surface area (Å²) in [5.41, 5.74) is 0. The topological polar surface area (TPSA) is 71.0 Å². The van der Waals surface area contributed by atoms with Crippen LogP contribution in [0.3, 0.4) is 0 Å². The third-order valence-corrected chi connectivity index (χ3v) is 3.77. The summed E-state index contributed by atoms with van der Waals surface area (Å²) in [6.07, 6.45) is 2.92. The van der Waals surface area contributed by atoms with E-state index in [0.29, 0.717) is 5.75 Å². The summed E-state index contributed by atoms with van der Waals surface area (Å²) >= 11 is 0. The Kier molecular flexibility index (Phi) is 4.88. The van der Waals surface area contributed by atoms with Gasteiger partial charge in [-0.05, 0) is 38.3 Å². The first-order valence-corrected chi connectivity index (χ1v) is 7.39. The van der Waals surface area contributed by atoms with Crippen molar-refractivity contribution in [2.75, 3.05) is 0 Å². The minimum Gasteiger partial charge on any atom is -0.575 e. The molecule has 0 saturated heterocycles. The van der Waals surface area contributed by atoms with Gasteiger partial charge in [0.2, 0.25) is 0 Å². The number of ether oxygens (including phenoxy) is 1. The van der Waals surface area contributed by atoms with Crippen molar-refractivity contribution in [3.05, 3.63) is 30.3 Å². The number of hydrogen-bond acceptors (Lipinski definition) is 5. The van der Waals surface area contributed by atoms with E-state index in [1.807, 2.05) is 6.07 Å². The van der Waals surface area contributed by atoms with Crippen molar-refractivity contribution < 1.29 is 18.9 Å². The van der Waals surface area contributed by atoms with Gasteiger partial charge in [-0.1, -0.05) is 22.9 Å². The Morgan fingerprint density at radius 1 is 1.42 bits per heavy atom. The number of carbonyl (C=O) groups is 1. The molecule has 1 aliphatic rings. The second-order valence-corrected chi connectivity index (χ2v) is 5.31. The highest BCUT2D eigenvalue weighted by Crippen LogP contribution is 2.25. The maximum Gasteiger partial charge on any atom is 0.395 e. The van der Waals surface area contributed by atoms with Crippen LogP contribution in [0, 0.1) is 0 Å². The minimum atomic E-state index is -2.27. The quantitative estimate of drug-likeness (QED) is 0.613. The molecule has 2 atom stereocenters. The third kappa shape index (κ3) is 4.30. The van der Waals surface area contributed by atoms with Crippen LogP contribution in [0.1, 0.15) is 26.2 Å². The Labute approximate surface area is 113 Å². The molecule has 0 spiro atoms. The van der Waals surface area contributed by atoms with Crippen LogP contribution in [0.25, 0.3) is 0 Å². The molecule has 2 rings (SSSR count). The van der Waals surface area contributed by atoms with E-state index in [9.17, 15) is 9.69 Å². The van der Waals surface area contributed by atoms with Crippen molar-refractivity contribution in [1.82, 2.24) is 0 Å². The predicted octanol–water partition coefficient (Wildman–Crippen LogP) is 2.41. The molecule has 1 fully saturated rings. The summed E-state index contributed by atoms with van der Waals surface area (Å²) in [6.45, 7) is 1.56. The first-order chi connectivity index (χ1) is 9.15. The van der Waals surface area contributed by atoms with E-state index >= 15 is 0 Å². The molecular weight excluding hydrogens is 265 g/mol. The third-order valence-electron chi connectivity index (χ3n) is 2.87. The molecule has 0 aliphatic heterocycles. The smallest absolute Gasteiger partial charge is 0.395 e. The zero-order chi connectivity index (χ0) is 13.7. The Bertz CT molecular complexity index is 459. The van der Waals surface area contributed by atoms with E-state index in [1.54, 1.807) is 31.2 Å². The maximum atomic E-state index is 11.6. The molecule has 0 radical (unpaired) electrons. The van der Waals surface area contributed by atoms with Gasteiger partial charge in [-0.25, -0.2) is 4.79 Å². The number of esters is 1. The molecule has 0 amide bonds. The normalized spacial score (nSPS) is 17.5. The van der Waals surface area contributed by atoms with E-state index in [-0.39, 0.29) is 6.10 Å². The average Bonchev–Trinajstić information content (AvgIpc) is 2.34. The molecule has 0 aromatic heterocycles. The predicted molar refractivity (Wildman–Crippen MR) is 69.6 cm³/mol. The van der Waals surface area contributed by atoms with Gasteiger partial charge in [-0.3, -0.25) is 4.52 Å². The lowest BCUT2D eigenvalue weighted by molar-refractivity contribution is -0.170. The molecule has 0 heterocycles. The number of benzene rings is 1. The minimum absolute atomic E-state index is 0.0121. The van der Waals surface area contributed by atoms with Crippen LogP contribution in [0.2, 0.25) is 0 Å². The van der Waals surface area contributed by atoms with Gasteiger partial charge in [0.05, 0.1) is 0 Å². The molecule has 0 N–H and O–H groups in total. The van der Waals surface area contributed by atoms with Gasteiger partial charge in [0.15, 0.2) is 11.8 Å². The average molecular weight is 281 g/mol. The monoisotopic (exact) mass is 281 g/mol. The van der Waals surface area contributed by atoms with E-state index in [4.69, 9.17) is 9.26 Å². The fourth-order valence-electron chi connectivity index (χ4n) is 1.54. The Hall–Kier alpha value is -1.45. The van der Waals surface area contributed by atoms with Crippen molar-refractivity contribution in [1.29, 1.82) is 0 Å². The number of carbonyl (C=O) groups excluding carboxylic acids is 1. The molecule has 1 aromatic carbocycles. The fraction of sp³-hybridized carbons (Fsp3) is 0.462. The summed E-state index contributed by atoms with van der Waals surface area (Å²) in [4.78, 5) is 23.3. The van der Waals surface area contributed by atoms with Crippen molar-refractivity contribution in [3.8, 4) is 5.75 Å². The van der Waals surface area contributed by atoms with Crippen molar-refractivity contribution in [2.45, 2.75) is 38.3 Å². The Balaban J connectivity index is 1.86. The van der Waals surface area contributed by atoms with Gasteiger partial charge in [0, 0.05) is 0 Å². The van der Waals surface area contributed by atoms with Crippen molar-refractivity contribution >= 4 is 14.1 Å². The Morgan fingerprint density at radius 3 is 2.68 bits per heavy atom. The van der Waals surface area contributed by atoms with E-state index in [2.05, 4.69) is 4.74 Å². The van der Waals surface area contributed by atoms with Gasteiger partial charge in [0.25, 0.3) is 0 Å². The van der Waals surface area contributed by atoms with Crippen LogP contribution < -0.4 is 9.42 Å². The van der Waals surface area contributed by atoms with Crippen LogP contribution in [-0.2, 0) is 9.53 Å². The standard InChI is InChI=1S/C13H16NO4P/c1-10(13(15)17-11-8-5-9-11)14-19(16)18-12-6-3-2-4-7-12/h2-4,6-7,10-11H,5,8-9H2,1H3/t10-/m0/s1. The highest BCUT2D eigenvalue weighted by atomic mass is 31.1. The molecule has 1 aliphatic carbocycles. The van der Waals surface area contributed by atoms with Crippen LogP contribution in [0.5, 0.6) is 5.75 Å². The second-order valence-electron chi connectivity index (χ2n) is 4.42. The number of rotatable bonds is 5. The molecule has 5 nitrogen and oxygen atoms in total. The van der Waals surface area contributed by atoms with Crippen LogP contribution in [0.4, 0.5) is 0 Å². The summed E-state index contributed by atoms with van der Waals surface area (Å²) < 4.78 is 14.1. The second kappa shape index (κ2) is 6.64. The molecule has 0 bridgehead atoms. The molecular formula is C13H16NO4P. The number of para-hydroxylation sites is 1. The van der Waals surface area contributed by atoms with E-state index < -0.39 is 20.2 Å². The van der Waals surface area contributed by atoms with Crippen molar-refractivity contribution in [3.63, 3.8) is 0 Å². The van der Waals surface area contributed by atoms with Gasteiger partial charge >= 0.3 is 14.1 Å². The molecule has 6 heteroatoms. The van der Waals surface area contributed by atoms with E-state index in [0.717, 1.165) is 19.3 Å². The van der Waals surface area contributed by atoms with Gasteiger partial charge < -0.3 is 9.63 Å². The first-order valence-electron chi connectivity index (χ1n) is 6.26. The van der Waals surface area contributed by atoms with Crippen LogP contribution in [-0.4, -0.2) is 18.1 Å². The highest BCUT2D eigenvalue weighted by molar-refractivity contribution is 7.34. The molecule has 1 aromatic rings. The van der Waals surface area contributed by atoms with Crippen molar-refractivity contribution in [2.24, 2.45) is 4.74 Å². The zero-order valence-electron chi connectivity index (χ0n) is 10.7. The number of nitrogens with zero attached hydrogens (tertiary/aromatic N) is 1. The first kappa shape index (κ1) is 14.0. The van der Waals surface area contributed by atoms with Gasteiger partial charge in [-0.2, -0.15) is 0 Å². The highest BCUT2D eigenvalue weighted by Gasteiger charge is 2.26. The fourth-order valence-corrected chi connectivity index (χ4v) is 2.26. The molecule has 1 saturated carbocycles. The van der Waals surface area contributed by atoms with Crippen LogP contribution in [0.15, 0.2) is 35.1 Å². The van der Waals surface area contributed by atoms with E-state index in [1.165, 1.54) is 0 Å². The molecule has 1 unspecified atom stereocenters. The lowest BCUT2D eigenvalue weighted by Crippen LogP contribution is -2.29. The summed E-state index contributed by atoms with van der Waals surface area (Å²) in [6, 6.07) is 7.96. The van der Waals surface area contributed by atoms with Gasteiger partial charge in [-0.15, -0.1) is 0 Å². The maximum absolute atomic E-state index is 11.6. The SMILES string of the molecule is C[C@H](N=[P+]([O-])Oc1ccccc1)C(=O)OC1CCC1. The summed E-state index contributed by atoms with van der Waals surface area (Å²) in [5.74, 6) is 0.0247. The molecule has 102 valence electrons. The number of hydrogen-bond donors (Lipinski definition) is 0. The molecule has 19 heavy (non-hydrogen) atoms.